The van der Waals surface area contributed by atoms with E-state index in [1.165, 1.54) is 38.5 Å². The fourth-order valence-electron chi connectivity index (χ4n) is 6.41. The molecule has 0 radical (unpaired) electrons. The lowest BCUT2D eigenvalue weighted by Gasteiger charge is -2.54. The van der Waals surface area contributed by atoms with Crippen molar-refractivity contribution in [3.05, 3.63) is 11.1 Å². The number of aliphatic hydroxyl groups is 2. The van der Waals surface area contributed by atoms with Crippen LogP contribution in [0.2, 0.25) is 0 Å². The van der Waals surface area contributed by atoms with Crippen molar-refractivity contribution < 1.29 is 10.2 Å². The van der Waals surface area contributed by atoms with Crippen molar-refractivity contribution in [1.29, 1.82) is 0 Å². The number of rotatable bonds is 0. The molecule has 0 saturated heterocycles. The van der Waals surface area contributed by atoms with Gasteiger partial charge in [-0.1, -0.05) is 25.0 Å². The molecule has 4 aliphatic carbocycles. The van der Waals surface area contributed by atoms with Crippen LogP contribution in [0.3, 0.4) is 0 Å². The Balaban J connectivity index is 1.73. The van der Waals surface area contributed by atoms with E-state index < -0.39 is 0 Å². The second-order valence-electron chi connectivity index (χ2n) is 8.74. The largest absolute Gasteiger partial charge is 0.393 e. The molecule has 118 valence electrons. The van der Waals surface area contributed by atoms with Crippen molar-refractivity contribution in [3.63, 3.8) is 0 Å². The van der Waals surface area contributed by atoms with E-state index in [-0.39, 0.29) is 17.6 Å². The lowest BCUT2D eigenvalue weighted by atomic mass is 9.51. The monoisotopic (exact) mass is 290 g/mol. The summed E-state index contributed by atoms with van der Waals surface area (Å²) in [4.78, 5) is 0. The van der Waals surface area contributed by atoms with Crippen molar-refractivity contribution in [2.75, 3.05) is 0 Å². The van der Waals surface area contributed by atoms with Crippen LogP contribution < -0.4 is 0 Å². The average molecular weight is 290 g/mol. The first-order valence-electron chi connectivity index (χ1n) is 9.03. The zero-order chi connectivity index (χ0) is 14.8. The van der Waals surface area contributed by atoms with E-state index in [0.29, 0.717) is 17.3 Å². The molecule has 6 atom stereocenters. The third kappa shape index (κ3) is 1.84. The van der Waals surface area contributed by atoms with Crippen LogP contribution in [0.15, 0.2) is 11.1 Å². The molecule has 2 nitrogen and oxygen atoms in total. The maximum atomic E-state index is 10.4. The first-order chi connectivity index (χ1) is 9.95. The van der Waals surface area contributed by atoms with Crippen molar-refractivity contribution >= 4 is 0 Å². The molecule has 0 aromatic carbocycles. The predicted octanol–water partition coefficient (Wildman–Crippen LogP) is 3.82. The van der Waals surface area contributed by atoms with Gasteiger partial charge in [-0.15, -0.1) is 0 Å². The van der Waals surface area contributed by atoms with E-state index in [2.05, 4.69) is 13.8 Å². The lowest BCUT2D eigenvalue weighted by molar-refractivity contribution is 0.00233. The molecular weight excluding hydrogens is 260 g/mol. The molecule has 2 N–H and O–H groups in total. The molecule has 4 aliphatic rings. The third-order valence-corrected chi connectivity index (χ3v) is 7.91. The second kappa shape index (κ2) is 4.58. The molecule has 2 fully saturated rings. The number of aliphatic hydroxyl groups excluding tert-OH is 2. The maximum absolute atomic E-state index is 10.4. The van der Waals surface area contributed by atoms with E-state index in [9.17, 15) is 10.2 Å². The van der Waals surface area contributed by atoms with Crippen LogP contribution in [0.1, 0.15) is 71.6 Å². The minimum absolute atomic E-state index is 0.0626. The van der Waals surface area contributed by atoms with Gasteiger partial charge in [0.1, 0.15) is 0 Å². The summed E-state index contributed by atoms with van der Waals surface area (Å²) in [5.74, 6) is 1.33. The first kappa shape index (κ1) is 14.3. The van der Waals surface area contributed by atoms with E-state index in [0.717, 1.165) is 19.3 Å². The summed E-state index contributed by atoms with van der Waals surface area (Å²) < 4.78 is 0. The Kier molecular flexibility index (Phi) is 3.11. The highest BCUT2D eigenvalue weighted by Gasteiger charge is 2.54. The Morgan fingerprint density at radius 3 is 2.57 bits per heavy atom. The highest BCUT2D eigenvalue weighted by molar-refractivity contribution is 5.34. The van der Waals surface area contributed by atoms with Crippen LogP contribution in [-0.4, -0.2) is 22.4 Å². The van der Waals surface area contributed by atoms with Gasteiger partial charge in [-0.2, -0.15) is 0 Å². The summed E-state index contributed by atoms with van der Waals surface area (Å²) >= 11 is 0. The number of fused-ring (bicyclic) bond motifs is 4. The molecule has 4 unspecified atom stereocenters. The van der Waals surface area contributed by atoms with Gasteiger partial charge in [0.25, 0.3) is 0 Å². The van der Waals surface area contributed by atoms with Gasteiger partial charge in [0.05, 0.1) is 12.2 Å². The zero-order valence-electron chi connectivity index (χ0n) is 13.6. The fraction of sp³-hybridized carbons (Fsp3) is 0.895. The summed E-state index contributed by atoms with van der Waals surface area (Å²) in [6, 6.07) is 0. The quantitative estimate of drug-likeness (QED) is 0.666. The molecular formula is C19H30O2. The zero-order valence-corrected chi connectivity index (χ0v) is 13.6. The standard InChI is InChI=1S/C19H30O2/c1-18-9-7-13(20)11-12(18)3-4-14-15-5-6-17(21)19(15,2)10-8-16(14)18/h12-13,15,17,20-21H,3-11H2,1-2H3/t12-,13-,15?,17?,18?,19?/m0/s1. The third-order valence-electron chi connectivity index (χ3n) is 7.91. The maximum Gasteiger partial charge on any atom is 0.0599 e. The Bertz CT molecular complexity index is 482. The topological polar surface area (TPSA) is 40.5 Å². The number of allylic oxidation sites excluding steroid dienone is 2. The molecule has 0 bridgehead atoms. The van der Waals surface area contributed by atoms with Crippen LogP contribution in [0.5, 0.6) is 0 Å². The molecule has 2 saturated carbocycles. The molecule has 4 rings (SSSR count). The summed E-state index contributed by atoms with van der Waals surface area (Å²) in [7, 11) is 0. The van der Waals surface area contributed by atoms with Gasteiger partial charge >= 0.3 is 0 Å². The van der Waals surface area contributed by atoms with E-state index >= 15 is 0 Å². The molecule has 0 aromatic heterocycles. The van der Waals surface area contributed by atoms with Gasteiger partial charge in [0.15, 0.2) is 0 Å². The van der Waals surface area contributed by atoms with Gasteiger partial charge in [0, 0.05) is 5.41 Å². The van der Waals surface area contributed by atoms with Gasteiger partial charge in [-0.3, -0.25) is 0 Å². The first-order valence-corrected chi connectivity index (χ1v) is 9.03. The molecule has 0 aromatic rings. The molecule has 0 spiro atoms. The summed E-state index contributed by atoms with van der Waals surface area (Å²) in [5.41, 5.74) is 3.98. The molecule has 0 amide bonds. The van der Waals surface area contributed by atoms with E-state index in [1.54, 1.807) is 11.1 Å². The molecule has 0 aliphatic heterocycles. The van der Waals surface area contributed by atoms with E-state index in [4.69, 9.17) is 0 Å². The fourth-order valence-corrected chi connectivity index (χ4v) is 6.41. The van der Waals surface area contributed by atoms with Crippen molar-refractivity contribution in [1.82, 2.24) is 0 Å². The van der Waals surface area contributed by atoms with Crippen molar-refractivity contribution in [2.45, 2.75) is 83.8 Å². The Hall–Kier alpha value is -0.340. The Labute approximate surface area is 128 Å². The highest BCUT2D eigenvalue weighted by Crippen LogP contribution is 2.63. The van der Waals surface area contributed by atoms with Crippen LogP contribution in [0, 0.1) is 22.7 Å². The predicted molar refractivity (Wildman–Crippen MR) is 83.8 cm³/mol. The summed E-state index contributed by atoms with van der Waals surface area (Å²) in [5, 5.41) is 20.5. The van der Waals surface area contributed by atoms with E-state index in [1.807, 2.05) is 0 Å². The van der Waals surface area contributed by atoms with Gasteiger partial charge in [-0.05, 0) is 75.0 Å². The summed E-state index contributed by atoms with van der Waals surface area (Å²) in [6.07, 6.45) is 10.1. The molecule has 2 heteroatoms. The average Bonchev–Trinajstić information content (AvgIpc) is 2.76. The van der Waals surface area contributed by atoms with Crippen molar-refractivity contribution in [3.8, 4) is 0 Å². The smallest absolute Gasteiger partial charge is 0.0599 e. The number of hydrogen-bond acceptors (Lipinski definition) is 2. The van der Waals surface area contributed by atoms with Crippen molar-refractivity contribution in [2.24, 2.45) is 22.7 Å². The summed E-state index contributed by atoms with van der Waals surface area (Å²) in [6.45, 7) is 4.81. The van der Waals surface area contributed by atoms with Gasteiger partial charge in [-0.25, -0.2) is 0 Å². The minimum Gasteiger partial charge on any atom is -0.393 e. The van der Waals surface area contributed by atoms with Gasteiger partial charge < -0.3 is 10.2 Å². The highest BCUT2D eigenvalue weighted by atomic mass is 16.3. The minimum atomic E-state index is -0.0877. The second-order valence-corrected chi connectivity index (χ2v) is 8.74. The van der Waals surface area contributed by atoms with Crippen LogP contribution in [0.25, 0.3) is 0 Å². The molecule has 21 heavy (non-hydrogen) atoms. The molecule has 0 heterocycles. The Morgan fingerprint density at radius 1 is 0.952 bits per heavy atom. The normalized spacial score (nSPS) is 53.1. The van der Waals surface area contributed by atoms with Gasteiger partial charge in [0.2, 0.25) is 0 Å². The lowest BCUT2D eigenvalue weighted by Crippen LogP contribution is -2.45. The SMILES string of the molecule is CC12CCC3=C(CC[C@H]4C[C@@H](O)CCC34C)C1CCC2O. The Morgan fingerprint density at radius 2 is 1.76 bits per heavy atom. The van der Waals surface area contributed by atoms with Crippen LogP contribution in [0.4, 0.5) is 0 Å². The van der Waals surface area contributed by atoms with Crippen LogP contribution in [-0.2, 0) is 0 Å². The van der Waals surface area contributed by atoms with Crippen LogP contribution >= 0.6 is 0 Å². The number of hydrogen-bond donors (Lipinski definition) is 2.